The maximum Gasteiger partial charge on any atom is 0.396 e. The standard InChI is InChI=1S/C11H14F3N/c1-7-4-3-5-9(8(7)2)10(6-15)11(12,13)14/h3-5,10H,6,15H2,1-2H3. The van der Waals surface area contributed by atoms with Crippen LogP contribution in [0.3, 0.4) is 0 Å². The van der Waals surface area contributed by atoms with Gasteiger partial charge in [0, 0.05) is 6.54 Å². The first-order chi connectivity index (χ1) is 6.88. The highest BCUT2D eigenvalue weighted by Gasteiger charge is 2.40. The zero-order valence-electron chi connectivity index (χ0n) is 8.73. The van der Waals surface area contributed by atoms with Gasteiger partial charge in [-0.2, -0.15) is 13.2 Å². The Bertz CT molecular complexity index is 344. The number of halogens is 3. The molecule has 1 rings (SSSR count). The summed E-state index contributed by atoms with van der Waals surface area (Å²) in [5.74, 6) is -1.56. The monoisotopic (exact) mass is 217 g/mol. The van der Waals surface area contributed by atoms with Crippen molar-refractivity contribution in [2.24, 2.45) is 5.73 Å². The minimum atomic E-state index is -4.27. The molecule has 0 aromatic heterocycles. The van der Waals surface area contributed by atoms with Gasteiger partial charge in [-0.05, 0) is 30.5 Å². The van der Waals surface area contributed by atoms with E-state index in [1.54, 1.807) is 26.0 Å². The summed E-state index contributed by atoms with van der Waals surface area (Å²) in [4.78, 5) is 0. The van der Waals surface area contributed by atoms with Crippen LogP contribution in [0.4, 0.5) is 13.2 Å². The SMILES string of the molecule is Cc1cccc(C(CN)C(F)(F)F)c1C. The minimum absolute atomic E-state index is 0.282. The molecule has 4 heteroatoms. The van der Waals surface area contributed by atoms with E-state index in [2.05, 4.69) is 0 Å². The molecule has 0 saturated heterocycles. The zero-order valence-corrected chi connectivity index (χ0v) is 8.73. The molecule has 0 aliphatic heterocycles. The van der Waals surface area contributed by atoms with Crippen molar-refractivity contribution in [3.63, 3.8) is 0 Å². The average Bonchev–Trinajstić information content (AvgIpc) is 2.11. The topological polar surface area (TPSA) is 26.0 Å². The van der Waals surface area contributed by atoms with Gasteiger partial charge in [0.05, 0.1) is 5.92 Å². The van der Waals surface area contributed by atoms with Crippen LogP contribution in [-0.4, -0.2) is 12.7 Å². The quantitative estimate of drug-likeness (QED) is 0.809. The summed E-state index contributed by atoms with van der Waals surface area (Å²) in [6.07, 6.45) is -4.27. The number of hydrogen-bond acceptors (Lipinski definition) is 1. The van der Waals surface area contributed by atoms with Gasteiger partial charge in [0.2, 0.25) is 0 Å². The Morgan fingerprint density at radius 3 is 2.33 bits per heavy atom. The fraction of sp³-hybridized carbons (Fsp3) is 0.455. The summed E-state index contributed by atoms with van der Waals surface area (Å²) in [6, 6.07) is 4.92. The molecule has 84 valence electrons. The second-order valence-electron chi connectivity index (χ2n) is 3.62. The van der Waals surface area contributed by atoms with E-state index in [-0.39, 0.29) is 5.56 Å². The molecule has 0 aliphatic rings. The summed E-state index contributed by atoms with van der Waals surface area (Å²) < 4.78 is 37.9. The van der Waals surface area contributed by atoms with Gasteiger partial charge >= 0.3 is 6.18 Å². The predicted octanol–water partition coefficient (Wildman–Crippen LogP) is 2.91. The first-order valence-corrected chi connectivity index (χ1v) is 4.70. The fourth-order valence-corrected chi connectivity index (χ4v) is 1.59. The molecule has 0 aliphatic carbocycles. The van der Waals surface area contributed by atoms with E-state index in [4.69, 9.17) is 5.73 Å². The lowest BCUT2D eigenvalue weighted by Gasteiger charge is -2.21. The molecule has 15 heavy (non-hydrogen) atoms. The average molecular weight is 217 g/mol. The van der Waals surface area contributed by atoms with E-state index in [9.17, 15) is 13.2 Å². The van der Waals surface area contributed by atoms with Crippen LogP contribution >= 0.6 is 0 Å². The molecule has 1 nitrogen and oxygen atoms in total. The molecule has 0 amide bonds. The van der Waals surface area contributed by atoms with E-state index in [1.165, 1.54) is 6.07 Å². The van der Waals surface area contributed by atoms with E-state index < -0.39 is 18.6 Å². The van der Waals surface area contributed by atoms with Gasteiger partial charge in [-0.3, -0.25) is 0 Å². The van der Waals surface area contributed by atoms with Crippen molar-refractivity contribution in [1.29, 1.82) is 0 Å². The van der Waals surface area contributed by atoms with Crippen LogP contribution in [0.15, 0.2) is 18.2 Å². The number of nitrogens with two attached hydrogens (primary N) is 1. The second-order valence-corrected chi connectivity index (χ2v) is 3.62. The van der Waals surface area contributed by atoms with E-state index >= 15 is 0 Å². The Labute approximate surface area is 87.1 Å². The maximum absolute atomic E-state index is 12.6. The molecule has 1 aromatic carbocycles. The lowest BCUT2D eigenvalue weighted by Crippen LogP contribution is -2.28. The number of rotatable bonds is 2. The highest BCUT2D eigenvalue weighted by Crippen LogP contribution is 2.35. The van der Waals surface area contributed by atoms with Gasteiger partial charge in [-0.1, -0.05) is 18.2 Å². The molecule has 0 heterocycles. The molecule has 1 aromatic rings. The number of alkyl halides is 3. The third kappa shape index (κ3) is 2.50. The minimum Gasteiger partial charge on any atom is -0.330 e. The molecule has 0 radical (unpaired) electrons. The first-order valence-electron chi connectivity index (χ1n) is 4.70. The molecular formula is C11H14F3N. The highest BCUT2D eigenvalue weighted by molar-refractivity contribution is 5.36. The van der Waals surface area contributed by atoms with Crippen LogP contribution in [0.2, 0.25) is 0 Å². The predicted molar refractivity (Wildman–Crippen MR) is 53.8 cm³/mol. The van der Waals surface area contributed by atoms with E-state index in [1.807, 2.05) is 0 Å². The summed E-state index contributed by atoms with van der Waals surface area (Å²) in [5, 5.41) is 0. The van der Waals surface area contributed by atoms with Gasteiger partial charge < -0.3 is 5.73 Å². The summed E-state index contributed by atoms with van der Waals surface area (Å²) in [6.45, 7) is 3.08. The lowest BCUT2D eigenvalue weighted by molar-refractivity contribution is -0.148. The molecule has 0 fully saturated rings. The Morgan fingerprint density at radius 2 is 1.87 bits per heavy atom. The van der Waals surface area contributed by atoms with E-state index in [0.29, 0.717) is 5.56 Å². The van der Waals surface area contributed by atoms with Crippen LogP contribution in [-0.2, 0) is 0 Å². The third-order valence-electron chi connectivity index (χ3n) is 2.65. The third-order valence-corrected chi connectivity index (χ3v) is 2.65. The van der Waals surface area contributed by atoms with Crippen LogP contribution in [0, 0.1) is 13.8 Å². The van der Waals surface area contributed by atoms with Crippen molar-refractivity contribution < 1.29 is 13.2 Å². The highest BCUT2D eigenvalue weighted by atomic mass is 19.4. The zero-order chi connectivity index (χ0) is 11.6. The van der Waals surface area contributed by atoms with Gasteiger partial charge in [0.1, 0.15) is 0 Å². The van der Waals surface area contributed by atoms with Gasteiger partial charge in [0.25, 0.3) is 0 Å². The van der Waals surface area contributed by atoms with Gasteiger partial charge in [-0.15, -0.1) is 0 Å². The van der Waals surface area contributed by atoms with Crippen molar-refractivity contribution in [2.45, 2.75) is 25.9 Å². The molecule has 1 unspecified atom stereocenters. The molecule has 0 spiro atoms. The first kappa shape index (κ1) is 12.0. The van der Waals surface area contributed by atoms with E-state index in [0.717, 1.165) is 5.56 Å². The molecule has 0 bridgehead atoms. The maximum atomic E-state index is 12.6. The van der Waals surface area contributed by atoms with Gasteiger partial charge in [0.15, 0.2) is 0 Å². The second kappa shape index (κ2) is 4.23. The summed E-state index contributed by atoms with van der Waals surface area (Å²) in [7, 11) is 0. The van der Waals surface area contributed by atoms with Crippen molar-refractivity contribution in [2.75, 3.05) is 6.54 Å². The number of aryl methyl sites for hydroxylation is 1. The Kier molecular flexibility index (Phi) is 3.39. The number of benzene rings is 1. The summed E-state index contributed by atoms with van der Waals surface area (Å²) >= 11 is 0. The Balaban J connectivity index is 3.19. The van der Waals surface area contributed by atoms with Crippen LogP contribution < -0.4 is 5.73 Å². The lowest BCUT2D eigenvalue weighted by atomic mass is 9.92. The normalized spacial score (nSPS) is 14.0. The van der Waals surface area contributed by atoms with Gasteiger partial charge in [-0.25, -0.2) is 0 Å². The number of hydrogen-bond donors (Lipinski definition) is 1. The molecular weight excluding hydrogens is 203 g/mol. The smallest absolute Gasteiger partial charge is 0.330 e. The van der Waals surface area contributed by atoms with Crippen LogP contribution in [0.1, 0.15) is 22.6 Å². The van der Waals surface area contributed by atoms with Crippen molar-refractivity contribution in [3.8, 4) is 0 Å². The van der Waals surface area contributed by atoms with Crippen LogP contribution in [0.25, 0.3) is 0 Å². The molecule has 2 N–H and O–H groups in total. The van der Waals surface area contributed by atoms with Crippen molar-refractivity contribution in [1.82, 2.24) is 0 Å². The molecule has 0 saturated carbocycles. The Morgan fingerprint density at radius 1 is 1.27 bits per heavy atom. The summed E-state index contributed by atoms with van der Waals surface area (Å²) in [5.41, 5.74) is 7.00. The van der Waals surface area contributed by atoms with Crippen LogP contribution in [0.5, 0.6) is 0 Å². The largest absolute Gasteiger partial charge is 0.396 e. The van der Waals surface area contributed by atoms with Crippen molar-refractivity contribution in [3.05, 3.63) is 34.9 Å². The Hall–Kier alpha value is -1.03. The van der Waals surface area contributed by atoms with Crippen molar-refractivity contribution >= 4 is 0 Å². The fourth-order valence-electron chi connectivity index (χ4n) is 1.59. The molecule has 1 atom stereocenters.